The predicted molar refractivity (Wildman–Crippen MR) is 83.7 cm³/mol. The predicted octanol–water partition coefficient (Wildman–Crippen LogP) is -2.11. The lowest BCUT2D eigenvalue weighted by molar-refractivity contribution is 0.225. The van der Waals surface area contributed by atoms with E-state index in [1.807, 2.05) is 0 Å². The van der Waals surface area contributed by atoms with E-state index in [-0.39, 0.29) is 0 Å². The molecule has 0 unspecified atom stereocenters. The number of aromatic nitrogens is 4. The van der Waals surface area contributed by atoms with Crippen LogP contribution >= 0.6 is 15.6 Å². The molecular weight excluding hydrogens is 386 g/mol. The Labute approximate surface area is 138 Å². The fourth-order valence-electron chi connectivity index (χ4n) is 0.904. The second-order valence-electron chi connectivity index (χ2n) is 3.72. The highest BCUT2D eigenvalue weighted by atomic mass is 31.3. The molecule has 0 saturated heterocycles. The normalized spacial score (nSPS) is 10.7. The minimum Gasteiger partial charge on any atom is -0.385 e. The molecule has 2 heterocycles. The van der Waals surface area contributed by atoms with E-state index in [0.717, 1.165) is 0 Å². The third-order valence-electron chi connectivity index (χ3n) is 1.61. The van der Waals surface area contributed by atoms with Crippen LogP contribution in [0, 0.1) is 0 Å². The first-order valence-corrected chi connectivity index (χ1v) is 8.78. The number of nitrogens with two attached hydrogens (primary N) is 2. The van der Waals surface area contributed by atoms with Gasteiger partial charge in [-0.25, -0.2) is 28.7 Å². The SMILES string of the molecule is Nc1ccnc(=O)[nH]1.Nc1ccnc(=O)[nH]1.O=P(O)(O)OP(=O)(O)O. The molecule has 0 spiro atoms. The Kier molecular flexibility index (Phi) is 8.87. The molecule has 0 amide bonds. The van der Waals surface area contributed by atoms with Gasteiger partial charge >= 0.3 is 27.0 Å². The van der Waals surface area contributed by atoms with Crippen LogP contribution < -0.4 is 22.8 Å². The molecule has 0 atom stereocenters. The number of H-pyrrole nitrogens is 2. The van der Waals surface area contributed by atoms with Crippen LogP contribution in [0.5, 0.6) is 0 Å². The molecule has 10 N–H and O–H groups in total. The molecule has 0 bridgehead atoms. The van der Waals surface area contributed by atoms with E-state index in [4.69, 9.17) is 31.0 Å². The summed E-state index contributed by atoms with van der Waals surface area (Å²) in [6, 6.07) is 3.03. The van der Waals surface area contributed by atoms with Crippen molar-refractivity contribution in [2.24, 2.45) is 0 Å². The van der Waals surface area contributed by atoms with Crippen LogP contribution in [0.4, 0.5) is 11.6 Å². The van der Waals surface area contributed by atoms with Gasteiger partial charge in [-0.15, -0.1) is 0 Å². The Morgan fingerprint density at radius 2 is 1.16 bits per heavy atom. The third kappa shape index (κ3) is 14.9. The van der Waals surface area contributed by atoms with Gasteiger partial charge in [-0.2, -0.15) is 4.31 Å². The van der Waals surface area contributed by atoms with Crippen molar-refractivity contribution in [2.45, 2.75) is 0 Å². The minimum atomic E-state index is -5.05. The zero-order valence-corrected chi connectivity index (χ0v) is 13.9. The highest BCUT2D eigenvalue weighted by Crippen LogP contribution is 2.53. The van der Waals surface area contributed by atoms with Crippen LogP contribution in [0.3, 0.4) is 0 Å². The van der Waals surface area contributed by atoms with E-state index < -0.39 is 27.0 Å². The van der Waals surface area contributed by atoms with Crippen molar-refractivity contribution in [1.82, 2.24) is 19.9 Å². The van der Waals surface area contributed by atoms with Gasteiger partial charge in [0.05, 0.1) is 0 Å². The fourth-order valence-corrected chi connectivity index (χ4v) is 2.01. The maximum atomic E-state index is 10.2. The molecule has 25 heavy (non-hydrogen) atoms. The van der Waals surface area contributed by atoms with Gasteiger partial charge in [-0.1, -0.05) is 0 Å². The first-order valence-electron chi connectivity index (χ1n) is 5.72. The van der Waals surface area contributed by atoms with Crippen molar-refractivity contribution in [3.8, 4) is 0 Å². The molecule has 0 aromatic carbocycles. The number of anilines is 2. The van der Waals surface area contributed by atoms with Gasteiger partial charge in [-0.3, -0.25) is 9.97 Å². The molecule has 0 fully saturated rings. The summed E-state index contributed by atoms with van der Waals surface area (Å²) < 4.78 is 22.2. The number of hydrogen-bond donors (Lipinski definition) is 8. The Bertz CT molecular complexity index is 799. The molecule has 15 nitrogen and oxygen atoms in total. The molecule has 2 aromatic heterocycles. The number of nitrogen functional groups attached to an aromatic ring is 2. The van der Waals surface area contributed by atoms with E-state index in [9.17, 15) is 18.7 Å². The summed E-state index contributed by atoms with van der Waals surface area (Å²) in [5, 5.41) is 0. The van der Waals surface area contributed by atoms with Gasteiger partial charge in [0.1, 0.15) is 11.6 Å². The van der Waals surface area contributed by atoms with Gasteiger partial charge in [0, 0.05) is 12.4 Å². The van der Waals surface area contributed by atoms with Crippen LogP contribution in [0.1, 0.15) is 0 Å². The lowest BCUT2D eigenvalue weighted by Gasteiger charge is -2.03. The maximum Gasteiger partial charge on any atom is 0.478 e. The summed E-state index contributed by atoms with van der Waals surface area (Å²) in [5.41, 5.74) is 9.50. The van der Waals surface area contributed by atoms with Gasteiger partial charge in [-0.05, 0) is 12.1 Å². The van der Waals surface area contributed by atoms with Gasteiger partial charge in [0.2, 0.25) is 0 Å². The maximum absolute atomic E-state index is 10.2. The molecule has 17 heteroatoms. The smallest absolute Gasteiger partial charge is 0.385 e. The number of nitrogens with zero attached hydrogens (tertiary/aromatic N) is 2. The molecule has 2 aromatic rings. The van der Waals surface area contributed by atoms with Gasteiger partial charge in [0.15, 0.2) is 0 Å². The van der Waals surface area contributed by atoms with E-state index in [2.05, 4.69) is 24.2 Å². The quantitative estimate of drug-likeness (QED) is 0.251. The average molecular weight is 400 g/mol. The van der Waals surface area contributed by atoms with Gasteiger partial charge < -0.3 is 31.0 Å². The summed E-state index contributed by atoms with van der Waals surface area (Å²) in [5.74, 6) is 0.676. The summed E-state index contributed by atoms with van der Waals surface area (Å²) in [7, 11) is -10.1. The molecule has 0 aliphatic heterocycles. The van der Waals surface area contributed by atoms with Crippen molar-refractivity contribution in [2.75, 3.05) is 11.5 Å². The lowest BCUT2D eigenvalue weighted by atomic mass is 10.6. The summed E-state index contributed by atoms with van der Waals surface area (Å²) in [4.78, 5) is 62.7. The second-order valence-corrected chi connectivity index (χ2v) is 6.34. The minimum absolute atomic E-state index is 0.338. The first-order chi connectivity index (χ1) is 11.3. The first kappa shape index (κ1) is 22.6. The standard InChI is InChI=1S/2C4H5N3O.H4O7P2/c2*5-3-1-2-6-4(8)7-3;1-8(2,3)7-9(4,5)6/h2*1-2H,(H3,5,6,7,8);(H2,1,2,3)(H2,4,5,6). The number of aromatic amines is 2. The van der Waals surface area contributed by atoms with Crippen LogP contribution in [-0.2, 0) is 13.4 Å². The highest BCUT2D eigenvalue weighted by Gasteiger charge is 2.27. The zero-order chi connectivity index (χ0) is 19.7. The molecular formula is C8H14N6O9P2. The van der Waals surface area contributed by atoms with E-state index in [1.54, 1.807) is 0 Å². The summed E-state index contributed by atoms with van der Waals surface area (Å²) in [6.07, 6.45) is 2.71. The fraction of sp³-hybridized carbons (Fsp3) is 0. The molecule has 140 valence electrons. The number of nitrogens with one attached hydrogen (secondary N) is 2. The molecule has 0 aliphatic rings. The average Bonchev–Trinajstić information content (AvgIpc) is 2.34. The van der Waals surface area contributed by atoms with Crippen LogP contribution in [-0.4, -0.2) is 39.5 Å². The lowest BCUT2D eigenvalue weighted by Crippen LogP contribution is -2.10. The van der Waals surface area contributed by atoms with Crippen molar-refractivity contribution < 1.29 is 33.0 Å². The van der Waals surface area contributed by atoms with Crippen molar-refractivity contribution in [1.29, 1.82) is 0 Å². The number of rotatable bonds is 2. The highest BCUT2D eigenvalue weighted by molar-refractivity contribution is 7.60. The third-order valence-corrected chi connectivity index (χ3v) is 3.31. The number of phosphoric acid groups is 2. The summed E-state index contributed by atoms with van der Waals surface area (Å²) >= 11 is 0. The monoisotopic (exact) mass is 400 g/mol. The van der Waals surface area contributed by atoms with Gasteiger partial charge in [0.25, 0.3) is 0 Å². The number of hydrogen-bond acceptors (Lipinski definition) is 9. The van der Waals surface area contributed by atoms with E-state index in [0.29, 0.717) is 11.6 Å². The Hall–Kier alpha value is -2.38. The molecule has 0 aliphatic carbocycles. The Morgan fingerprint density at radius 1 is 0.840 bits per heavy atom. The Morgan fingerprint density at radius 3 is 1.28 bits per heavy atom. The largest absolute Gasteiger partial charge is 0.478 e. The van der Waals surface area contributed by atoms with Crippen molar-refractivity contribution >= 4 is 27.3 Å². The molecule has 2 rings (SSSR count). The van der Waals surface area contributed by atoms with Crippen molar-refractivity contribution in [3.05, 3.63) is 45.5 Å². The summed E-state index contributed by atoms with van der Waals surface area (Å²) in [6.45, 7) is 0. The van der Waals surface area contributed by atoms with Crippen LogP contribution in [0.25, 0.3) is 0 Å². The van der Waals surface area contributed by atoms with E-state index in [1.165, 1.54) is 24.5 Å². The van der Waals surface area contributed by atoms with E-state index >= 15 is 0 Å². The second kappa shape index (κ2) is 9.80. The zero-order valence-electron chi connectivity index (χ0n) is 12.1. The molecule has 0 saturated carbocycles. The van der Waals surface area contributed by atoms with Crippen LogP contribution in [0.2, 0.25) is 0 Å². The topological polar surface area (TPSA) is 268 Å². The van der Waals surface area contributed by atoms with Crippen LogP contribution in [0.15, 0.2) is 34.1 Å². The van der Waals surface area contributed by atoms with Crippen molar-refractivity contribution in [3.63, 3.8) is 0 Å². The Balaban J connectivity index is 0.000000346. The molecule has 0 radical (unpaired) electrons.